The third-order valence-corrected chi connectivity index (χ3v) is 30.8. The van der Waals surface area contributed by atoms with E-state index in [9.17, 15) is 0 Å². The van der Waals surface area contributed by atoms with Crippen LogP contribution in [-0.4, -0.2) is 31.1 Å². The van der Waals surface area contributed by atoms with Crippen molar-refractivity contribution in [1.29, 1.82) is 0 Å². The summed E-state index contributed by atoms with van der Waals surface area (Å²) in [4.78, 5) is 14.8. The van der Waals surface area contributed by atoms with E-state index in [1.807, 2.05) is 103 Å². The van der Waals surface area contributed by atoms with E-state index in [-0.39, 0.29) is 0 Å². The van der Waals surface area contributed by atoms with Crippen LogP contribution in [0.2, 0.25) is 33.2 Å². The lowest BCUT2D eigenvalue weighted by Crippen LogP contribution is -2.43. The normalized spacial score (nSPS) is 11.4. The molecule has 0 saturated carbocycles. The number of hydrogen-bond donors (Lipinski definition) is 0. The van der Waals surface area contributed by atoms with E-state index < -0.39 is 16.1 Å². The van der Waals surface area contributed by atoms with E-state index in [0.29, 0.717) is 44.6 Å². The molecule has 90 heavy (non-hydrogen) atoms. The molecule has 0 atom stereocenters. The van der Waals surface area contributed by atoms with Gasteiger partial charge >= 0.3 is 0 Å². The van der Waals surface area contributed by atoms with Crippen LogP contribution in [-0.2, 0) is 0 Å². The van der Waals surface area contributed by atoms with Gasteiger partial charge in [-0.2, -0.15) is 0 Å². The number of nitrogens with zero attached hydrogens (tertiary/aromatic N) is 3. The van der Waals surface area contributed by atoms with E-state index in [2.05, 4.69) is 250 Å². The molecule has 11 rings (SSSR count). The highest BCUT2D eigenvalue weighted by Gasteiger charge is 2.43. The predicted octanol–water partition coefficient (Wildman–Crippen LogP) is 20.6. The zero-order chi connectivity index (χ0) is 63.1. The van der Waals surface area contributed by atoms with Gasteiger partial charge in [-0.05, 0) is 222 Å². The molecule has 438 valence electrons. The van der Waals surface area contributed by atoms with Crippen molar-refractivity contribution in [3.63, 3.8) is 0 Å². The van der Waals surface area contributed by atoms with Gasteiger partial charge in [-0.1, -0.05) is 197 Å². The molecule has 8 aromatic carbocycles. The van der Waals surface area contributed by atoms with Gasteiger partial charge < -0.3 is 0 Å². The second-order valence-electron chi connectivity index (χ2n) is 25.5. The molecule has 0 saturated heterocycles. The molecule has 0 spiro atoms. The molecule has 0 aliphatic carbocycles. The first-order valence-electron chi connectivity index (χ1n) is 31.7. The molecule has 0 unspecified atom stereocenters. The molecule has 11 aromatic rings. The predicted molar refractivity (Wildman–Crippen MR) is 386 cm³/mol. The minimum Gasteiger partial charge on any atom is -0.245 e. The van der Waals surface area contributed by atoms with Crippen molar-refractivity contribution in [1.82, 2.24) is 15.0 Å². The number of aromatic nitrogens is 3. The van der Waals surface area contributed by atoms with Crippen LogP contribution in [0.3, 0.4) is 0 Å². The summed E-state index contributed by atoms with van der Waals surface area (Å²) >= 11 is 0. The van der Waals surface area contributed by atoms with Crippen LogP contribution < -0.4 is 0 Å². The Morgan fingerprint density at radius 2 is 0.500 bits per heavy atom. The molecule has 3 heterocycles. The Hall–Kier alpha value is -9.96. The Bertz CT molecular complexity index is 4600. The minimum atomic E-state index is -1.90. The van der Waals surface area contributed by atoms with E-state index in [1.54, 1.807) is 0 Å². The second kappa shape index (κ2) is 26.8. The van der Waals surface area contributed by atoms with Gasteiger partial charge in [-0.25, -0.2) is 15.0 Å². The molecule has 0 aliphatic rings. The number of fused-ring (bicyclic) bond motifs is 4. The molecule has 0 fully saturated rings. The monoisotopic (exact) mass is 1190 g/mol. The summed E-state index contributed by atoms with van der Waals surface area (Å²) in [5.41, 5.74) is 23.2. The average molecular weight is 1190 g/mol. The van der Waals surface area contributed by atoms with Crippen molar-refractivity contribution >= 4 is 59.2 Å². The minimum absolute atomic E-state index is 0.570. The lowest BCUT2D eigenvalue weighted by Gasteiger charge is -2.38. The molecular formula is C85H75N3Si2. The van der Waals surface area contributed by atoms with Gasteiger partial charge in [0.1, 0.15) is 27.5 Å². The van der Waals surface area contributed by atoms with Crippen molar-refractivity contribution in [3.8, 4) is 93.1 Å². The van der Waals surface area contributed by atoms with Crippen molar-refractivity contribution < 1.29 is 0 Å². The molecule has 5 heteroatoms. The maximum Gasteiger partial charge on any atom is 0.146 e. The van der Waals surface area contributed by atoms with Crippen molar-refractivity contribution in [2.75, 3.05) is 0 Å². The number of rotatable bonds is 8. The Morgan fingerprint density at radius 3 is 0.800 bits per heavy atom. The van der Waals surface area contributed by atoms with E-state index in [4.69, 9.17) is 15.0 Å². The van der Waals surface area contributed by atoms with Crippen LogP contribution in [0.25, 0.3) is 65.9 Å². The van der Waals surface area contributed by atoms with Crippen LogP contribution in [0, 0.1) is 70.3 Å². The highest BCUT2D eigenvalue weighted by Crippen LogP contribution is 2.42. The SMILES string of the molecule is CC(C)[Si](C#Cc1cccc2cc3cccc(C#Cc4ccc(C#Cc5cccc(-c6cccc(-c7cccc(C#Cc8ccc(C#Cc9cccc%10cc%11cccc(C#C[Si](C(C)C)(C(C)C)C(C)C)c%11cc9%10)cc8)n7)n6)n5)cc4)c3cc12)(C(C)C)C(C)C. The van der Waals surface area contributed by atoms with E-state index in [0.717, 1.165) is 88.8 Å². The second-order valence-corrected chi connectivity index (χ2v) is 36.6. The van der Waals surface area contributed by atoms with Crippen LogP contribution in [0.4, 0.5) is 0 Å². The fraction of sp³-hybridized carbons (Fsp3) is 0.212. The summed E-state index contributed by atoms with van der Waals surface area (Å²) in [6, 6.07) is 68.6. The first-order chi connectivity index (χ1) is 43.5. The summed E-state index contributed by atoms with van der Waals surface area (Å²) in [6.07, 6.45) is 0. The lowest BCUT2D eigenvalue weighted by molar-refractivity contribution is 0.838. The molecule has 3 nitrogen and oxygen atoms in total. The van der Waals surface area contributed by atoms with Crippen LogP contribution in [0.5, 0.6) is 0 Å². The fourth-order valence-corrected chi connectivity index (χ4v) is 24.0. The van der Waals surface area contributed by atoms with Crippen LogP contribution in [0.15, 0.2) is 200 Å². The van der Waals surface area contributed by atoms with Gasteiger partial charge in [0.25, 0.3) is 0 Å². The summed E-state index contributed by atoms with van der Waals surface area (Å²) in [5.74, 6) is 34.5. The first-order valence-corrected chi connectivity index (χ1v) is 36.1. The Labute approximate surface area is 536 Å². The van der Waals surface area contributed by atoms with Gasteiger partial charge in [-0.15, -0.1) is 11.1 Å². The first kappa shape index (κ1) is 61.7. The largest absolute Gasteiger partial charge is 0.245 e. The molecule has 0 radical (unpaired) electrons. The van der Waals surface area contributed by atoms with Gasteiger partial charge in [0.2, 0.25) is 0 Å². The van der Waals surface area contributed by atoms with Crippen molar-refractivity contribution in [2.24, 2.45) is 0 Å². The summed E-state index contributed by atoms with van der Waals surface area (Å²) in [7, 11) is -3.80. The summed E-state index contributed by atoms with van der Waals surface area (Å²) < 4.78 is 0. The maximum absolute atomic E-state index is 5.00. The topological polar surface area (TPSA) is 38.7 Å². The highest BCUT2D eigenvalue weighted by molar-refractivity contribution is 6.91. The summed E-state index contributed by atoms with van der Waals surface area (Å²) in [5, 5.41) is 9.32. The van der Waals surface area contributed by atoms with Gasteiger partial charge in [-0.3, -0.25) is 0 Å². The number of benzene rings is 8. The molecule has 3 aromatic heterocycles. The lowest BCUT2D eigenvalue weighted by atomic mass is 9.97. The summed E-state index contributed by atoms with van der Waals surface area (Å²) in [6.45, 7) is 28.4. The quantitative estimate of drug-likeness (QED) is 0.0865. The average Bonchev–Trinajstić information content (AvgIpc) is 0.984. The van der Waals surface area contributed by atoms with Crippen LogP contribution in [0.1, 0.15) is 139 Å². The maximum atomic E-state index is 5.00. The molecule has 0 amide bonds. The third-order valence-electron chi connectivity index (χ3n) is 18.2. The number of hydrogen-bond acceptors (Lipinski definition) is 3. The molecule has 0 bridgehead atoms. The zero-order valence-corrected chi connectivity index (χ0v) is 55.9. The Balaban J connectivity index is 0.758. The number of pyridine rings is 3. The molecule has 0 N–H and O–H groups in total. The van der Waals surface area contributed by atoms with Gasteiger partial charge in [0, 0.05) is 44.5 Å². The van der Waals surface area contributed by atoms with Crippen molar-refractivity contribution in [2.45, 2.75) is 116 Å². The third kappa shape index (κ3) is 13.1. The standard InChI is InChI=1S/C85H75N3Si2/c1-58(2)89(59(3)4,60(5)6)52-50-70-22-15-26-74-54-72-24-13-20-68(78(72)56-80(70)74)46-42-64-34-38-66(39-35-64)44-48-76-28-17-30-82(86-76)84-32-19-33-85(88-84)83-31-18-29-77(87-83)49-45-67-40-36-65(37-41-67)43-47-69-21-14-25-73-55-75-27-16-23-71(81(75)57-79(69)73)51-53-90(61(7)8,62(9)10)63(11)12/h13-41,54-63H,1-12H3. The van der Waals surface area contributed by atoms with E-state index >= 15 is 0 Å². The Morgan fingerprint density at radius 1 is 0.244 bits per heavy atom. The zero-order valence-electron chi connectivity index (χ0n) is 53.9. The van der Waals surface area contributed by atoms with E-state index in [1.165, 1.54) is 21.5 Å². The fourth-order valence-electron chi connectivity index (χ4n) is 13.6. The van der Waals surface area contributed by atoms with Crippen LogP contribution >= 0.6 is 0 Å². The van der Waals surface area contributed by atoms with Gasteiger partial charge in [0.15, 0.2) is 0 Å². The molecular weight excluding hydrogens is 1120 g/mol. The highest BCUT2D eigenvalue weighted by atomic mass is 28.3. The van der Waals surface area contributed by atoms with Crippen molar-refractivity contribution in [3.05, 3.63) is 256 Å². The Kier molecular flexibility index (Phi) is 18.4. The molecule has 0 aliphatic heterocycles. The smallest absolute Gasteiger partial charge is 0.146 e. The van der Waals surface area contributed by atoms with Gasteiger partial charge in [0.05, 0.1) is 22.8 Å².